The second-order valence-corrected chi connectivity index (χ2v) is 8.97. The number of hydrogen-bond acceptors (Lipinski definition) is 5. The summed E-state index contributed by atoms with van der Waals surface area (Å²) in [4.78, 5) is 45.5. The molecule has 1 aliphatic carbocycles. The zero-order chi connectivity index (χ0) is 26.4. The summed E-state index contributed by atoms with van der Waals surface area (Å²) < 4.78 is 68.7. The summed E-state index contributed by atoms with van der Waals surface area (Å²) in [7, 11) is 0. The maximum Gasteiger partial charge on any atom is 0.417 e. The molecule has 1 aromatic carbocycles. The Kier molecular flexibility index (Phi) is 6.31. The van der Waals surface area contributed by atoms with E-state index in [1.54, 1.807) is 0 Å². The molecule has 192 valence electrons. The highest BCUT2D eigenvalue weighted by atomic mass is 19.4. The van der Waals surface area contributed by atoms with Crippen LogP contribution in [0.2, 0.25) is 0 Å². The monoisotopic (exact) mass is 512 g/mol. The largest absolute Gasteiger partial charge is 0.417 e. The number of carbonyl (C=O) groups excluding carboxylic acids is 3. The third kappa shape index (κ3) is 4.54. The highest BCUT2D eigenvalue weighted by Crippen LogP contribution is 2.50. The number of piperidine rings is 1. The van der Waals surface area contributed by atoms with Crippen molar-refractivity contribution in [3.8, 4) is 11.4 Å². The number of rotatable bonds is 3. The molecule has 2 aliphatic rings. The Morgan fingerprint density at radius 2 is 1.75 bits per heavy atom. The number of likely N-dealkylation sites (tertiary alicyclic amines) is 1. The molecule has 1 aromatic heterocycles. The highest BCUT2D eigenvalue weighted by molar-refractivity contribution is 5.99. The molecule has 9 nitrogen and oxygen atoms in total. The fraction of sp³-hybridized carbons (Fsp3) is 0.409. The van der Waals surface area contributed by atoms with E-state index >= 15 is 0 Å². The second-order valence-electron chi connectivity index (χ2n) is 8.97. The molecule has 14 heteroatoms. The lowest BCUT2D eigenvalue weighted by Gasteiger charge is -2.61. The van der Waals surface area contributed by atoms with E-state index in [0.29, 0.717) is 31.3 Å². The Hall–Kier alpha value is -3.84. The number of fused-ring (bicyclic) bond motifs is 2. The van der Waals surface area contributed by atoms with Gasteiger partial charge in [-0.25, -0.2) is 23.5 Å². The Morgan fingerprint density at radius 1 is 1.08 bits per heavy atom. The zero-order valence-electron chi connectivity index (χ0n) is 19.0. The Labute approximate surface area is 201 Å². The van der Waals surface area contributed by atoms with E-state index in [9.17, 15) is 36.3 Å². The zero-order valence-corrected chi connectivity index (χ0v) is 19.0. The molecule has 2 heterocycles. The number of urea groups is 1. The fourth-order valence-electron chi connectivity index (χ4n) is 4.94. The van der Waals surface area contributed by atoms with Crippen molar-refractivity contribution >= 4 is 23.5 Å². The van der Waals surface area contributed by atoms with Crippen LogP contribution in [0.4, 0.5) is 32.4 Å². The molecule has 0 radical (unpaired) electrons. The summed E-state index contributed by atoms with van der Waals surface area (Å²) in [5, 5.41) is 2.25. The Balaban J connectivity index is 1.66. The number of halogens is 5. The van der Waals surface area contributed by atoms with E-state index in [2.05, 4.69) is 26.1 Å². The van der Waals surface area contributed by atoms with Crippen molar-refractivity contribution in [1.29, 1.82) is 0 Å². The first-order valence-electron chi connectivity index (χ1n) is 10.9. The van der Waals surface area contributed by atoms with Crippen LogP contribution >= 0.6 is 0 Å². The summed E-state index contributed by atoms with van der Waals surface area (Å²) in [6.07, 6.45) is -2.54. The van der Waals surface area contributed by atoms with Gasteiger partial charge in [0.15, 0.2) is 11.6 Å². The van der Waals surface area contributed by atoms with Crippen molar-refractivity contribution in [2.45, 2.75) is 50.9 Å². The van der Waals surface area contributed by atoms with Gasteiger partial charge in [0.1, 0.15) is 11.4 Å². The van der Waals surface area contributed by atoms with Crippen molar-refractivity contribution in [2.75, 3.05) is 5.32 Å². The van der Waals surface area contributed by atoms with Crippen molar-refractivity contribution < 1.29 is 36.3 Å². The van der Waals surface area contributed by atoms with E-state index < -0.39 is 63.8 Å². The quantitative estimate of drug-likeness (QED) is 0.431. The van der Waals surface area contributed by atoms with Crippen LogP contribution in [0.15, 0.2) is 24.5 Å². The molecule has 1 saturated carbocycles. The predicted octanol–water partition coefficient (Wildman–Crippen LogP) is 3.38. The Morgan fingerprint density at radius 3 is 2.36 bits per heavy atom. The van der Waals surface area contributed by atoms with Gasteiger partial charge in [-0.3, -0.25) is 20.4 Å². The number of amides is 4. The van der Waals surface area contributed by atoms with E-state index in [4.69, 9.17) is 0 Å². The van der Waals surface area contributed by atoms with Crippen molar-refractivity contribution in [3.05, 3.63) is 41.7 Å². The average molecular weight is 512 g/mol. The SMILES string of the molecule is CC(=O)NNC(=O)C12C[C@H](C)C[C@H](C1)N2C(=O)Nc1cc(-c2ncc(F)cn2)c(C(F)(F)F)cc1F. The number of nitrogens with zero attached hydrogens (tertiary/aromatic N) is 3. The number of alkyl halides is 3. The van der Waals surface area contributed by atoms with Crippen LogP contribution in [0.5, 0.6) is 0 Å². The molecule has 4 rings (SSSR count). The number of nitrogens with one attached hydrogen (secondary N) is 3. The van der Waals surface area contributed by atoms with Gasteiger partial charge in [0.05, 0.1) is 23.6 Å². The van der Waals surface area contributed by atoms with Gasteiger partial charge in [-0.05, 0) is 30.9 Å². The summed E-state index contributed by atoms with van der Waals surface area (Å²) in [5.41, 5.74) is 0.428. The van der Waals surface area contributed by atoms with Crippen LogP contribution in [0, 0.1) is 17.6 Å². The number of carbonyl (C=O) groups is 3. The summed E-state index contributed by atoms with van der Waals surface area (Å²) in [6.45, 7) is 3.08. The molecule has 1 aliphatic heterocycles. The third-order valence-corrected chi connectivity index (χ3v) is 6.27. The first-order chi connectivity index (χ1) is 16.8. The van der Waals surface area contributed by atoms with Crippen LogP contribution in [-0.4, -0.2) is 44.3 Å². The lowest BCUT2D eigenvalue weighted by molar-refractivity contribution is -0.157. The van der Waals surface area contributed by atoms with Crippen LogP contribution < -0.4 is 16.2 Å². The minimum Gasteiger partial charge on any atom is -0.307 e. The molecule has 36 heavy (non-hydrogen) atoms. The van der Waals surface area contributed by atoms with E-state index in [0.717, 1.165) is 0 Å². The first-order valence-corrected chi connectivity index (χ1v) is 10.9. The molecule has 1 saturated heterocycles. The van der Waals surface area contributed by atoms with E-state index in [-0.39, 0.29) is 24.4 Å². The van der Waals surface area contributed by atoms with Crippen molar-refractivity contribution in [2.24, 2.45) is 5.92 Å². The van der Waals surface area contributed by atoms with Gasteiger partial charge in [-0.2, -0.15) is 13.2 Å². The molecule has 2 fully saturated rings. The summed E-state index contributed by atoms with van der Waals surface area (Å²) >= 11 is 0. The Bertz CT molecular complexity index is 1220. The lowest BCUT2D eigenvalue weighted by atomic mass is 9.64. The molecular formula is C22H21F5N6O3. The van der Waals surface area contributed by atoms with Gasteiger partial charge in [0.2, 0.25) is 5.91 Å². The molecule has 2 aromatic rings. The second kappa shape index (κ2) is 8.99. The van der Waals surface area contributed by atoms with Crippen molar-refractivity contribution in [1.82, 2.24) is 25.7 Å². The van der Waals surface area contributed by atoms with Gasteiger partial charge in [0, 0.05) is 24.9 Å². The fourth-order valence-corrected chi connectivity index (χ4v) is 4.94. The maximum atomic E-state index is 14.7. The van der Waals surface area contributed by atoms with Gasteiger partial charge >= 0.3 is 12.2 Å². The minimum atomic E-state index is -4.99. The lowest BCUT2D eigenvalue weighted by Crippen LogP contribution is -2.78. The molecule has 3 N–H and O–H groups in total. The highest BCUT2D eigenvalue weighted by Gasteiger charge is 2.62. The molecule has 2 bridgehead atoms. The number of benzene rings is 1. The average Bonchev–Trinajstić information content (AvgIpc) is 2.77. The van der Waals surface area contributed by atoms with Crippen LogP contribution in [0.3, 0.4) is 0 Å². The number of anilines is 1. The van der Waals surface area contributed by atoms with Crippen LogP contribution in [0.25, 0.3) is 11.4 Å². The van der Waals surface area contributed by atoms with Crippen LogP contribution in [0.1, 0.15) is 38.7 Å². The minimum absolute atomic E-state index is 0.0703. The maximum absolute atomic E-state index is 14.7. The normalized spacial score (nSPS) is 22.9. The third-order valence-electron chi connectivity index (χ3n) is 6.27. The first kappa shape index (κ1) is 25.3. The molecule has 3 atom stereocenters. The standard InChI is InChI=1S/C22H21F5N6O3/c1-10-3-13-7-21(6-10,19(35)32-31-11(2)34)33(13)20(36)30-17-4-14(18-28-8-12(23)9-29-18)15(5-16(17)24)22(25,26)27/h4-5,8-10,13H,3,6-7H2,1-2H3,(H,30,36)(H,31,34)(H,32,35)/t10-,13-,21?/m1/s1. The van der Waals surface area contributed by atoms with Gasteiger partial charge in [0.25, 0.3) is 5.91 Å². The topological polar surface area (TPSA) is 116 Å². The summed E-state index contributed by atoms with van der Waals surface area (Å²) in [5.74, 6) is -3.88. The molecule has 0 spiro atoms. The summed E-state index contributed by atoms with van der Waals surface area (Å²) in [6, 6.07) is -0.364. The molecular weight excluding hydrogens is 491 g/mol. The molecule has 4 amide bonds. The van der Waals surface area contributed by atoms with E-state index in [1.165, 1.54) is 11.8 Å². The molecule has 1 unspecified atom stereocenters. The van der Waals surface area contributed by atoms with Crippen molar-refractivity contribution in [3.63, 3.8) is 0 Å². The van der Waals surface area contributed by atoms with Gasteiger partial charge in [-0.1, -0.05) is 6.92 Å². The van der Waals surface area contributed by atoms with Gasteiger partial charge in [-0.15, -0.1) is 0 Å². The number of hydrazine groups is 1. The number of aromatic nitrogens is 2. The van der Waals surface area contributed by atoms with Gasteiger partial charge < -0.3 is 10.2 Å². The predicted molar refractivity (Wildman–Crippen MR) is 115 cm³/mol. The number of hydrogen-bond donors (Lipinski definition) is 3. The van der Waals surface area contributed by atoms with Crippen LogP contribution in [-0.2, 0) is 15.8 Å². The van der Waals surface area contributed by atoms with E-state index in [1.807, 2.05) is 6.92 Å². The smallest absolute Gasteiger partial charge is 0.307 e.